The van der Waals surface area contributed by atoms with Crippen LogP contribution in [0.15, 0.2) is 72.8 Å². The lowest BCUT2D eigenvalue weighted by Crippen LogP contribution is -2.29. The van der Waals surface area contributed by atoms with Crippen LogP contribution >= 0.6 is 0 Å². The van der Waals surface area contributed by atoms with Crippen LogP contribution in [0.4, 0.5) is 18.9 Å². The van der Waals surface area contributed by atoms with E-state index in [1.54, 1.807) is 36.4 Å². The van der Waals surface area contributed by atoms with E-state index in [4.69, 9.17) is 0 Å². The fourth-order valence-corrected chi connectivity index (χ4v) is 3.30. The van der Waals surface area contributed by atoms with Gasteiger partial charge in [-0.3, -0.25) is 19.3 Å². The lowest BCUT2D eigenvalue weighted by Gasteiger charge is -2.15. The first-order chi connectivity index (χ1) is 15.2. The molecule has 0 aliphatic carbocycles. The molecule has 0 saturated heterocycles. The second-order valence-electron chi connectivity index (χ2n) is 6.94. The van der Waals surface area contributed by atoms with E-state index in [1.165, 1.54) is 30.3 Å². The number of ether oxygens (including phenoxy) is 1. The Morgan fingerprint density at radius 2 is 1.41 bits per heavy atom. The molecule has 0 bridgehead atoms. The predicted molar refractivity (Wildman–Crippen MR) is 108 cm³/mol. The van der Waals surface area contributed by atoms with Crippen LogP contribution in [0.25, 0.3) is 0 Å². The van der Waals surface area contributed by atoms with Crippen molar-refractivity contribution < 1.29 is 32.3 Å². The number of carbonyl (C=O) groups excluding carboxylic acids is 3. The molecule has 0 saturated carbocycles. The fourth-order valence-electron chi connectivity index (χ4n) is 3.30. The fraction of sp³-hybridized carbons (Fsp3) is 0.0870. The van der Waals surface area contributed by atoms with Crippen molar-refractivity contribution in [2.75, 3.05) is 5.32 Å². The molecule has 4 rings (SSSR count). The number of rotatable bonds is 5. The van der Waals surface area contributed by atoms with Crippen LogP contribution < -0.4 is 10.1 Å². The third-order valence-corrected chi connectivity index (χ3v) is 4.80. The van der Waals surface area contributed by atoms with Crippen LogP contribution in [0.3, 0.4) is 0 Å². The highest BCUT2D eigenvalue weighted by Crippen LogP contribution is 2.30. The van der Waals surface area contributed by atoms with Gasteiger partial charge in [-0.05, 0) is 42.0 Å². The zero-order valence-electron chi connectivity index (χ0n) is 16.3. The number of anilines is 1. The molecular formula is C23H15F3N2O4. The summed E-state index contributed by atoms with van der Waals surface area (Å²) < 4.78 is 41.6. The second-order valence-corrected chi connectivity index (χ2v) is 6.94. The first-order valence-corrected chi connectivity index (χ1v) is 9.43. The molecule has 1 aliphatic heterocycles. The van der Waals surface area contributed by atoms with Crippen molar-refractivity contribution in [1.29, 1.82) is 0 Å². The number of carbonyl (C=O) groups is 3. The van der Waals surface area contributed by atoms with E-state index in [1.807, 2.05) is 0 Å². The Labute approximate surface area is 180 Å². The van der Waals surface area contributed by atoms with Gasteiger partial charge in [-0.15, -0.1) is 13.2 Å². The molecule has 0 radical (unpaired) electrons. The van der Waals surface area contributed by atoms with Gasteiger partial charge in [-0.25, -0.2) is 0 Å². The number of nitrogens with one attached hydrogen (secondary N) is 1. The number of para-hydroxylation sites is 2. The van der Waals surface area contributed by atoms with Crippen molar-refractivity contribution in [2.24, 2.45) is 0 Å². The molecule has 1 aliphatic rings. The number of hydrogen-bond donors (Lipinski definition) is 1. The molecule has 162 valence electrons. The quantitative estimate of drug-likeness (QED) is 0.587. The van der Waals surface area contributed by atoms with E-state index >= 15 is 0 Å². The van der Waals surface area contributed by atoms with E-state index < -0.39 is 29.8 Å². The van der Waals surface area contributed by atoms with Crippen LogP contribution in [-0.4, -0.2) is 29.0 Å². The first kappa shape index (κ1) is 21.1. The number of hydrogen-bond acceptors (Lipinski definition) is 4. The minimum Gasteiger partial charge on any atom is -0.404 e. The molecule has 1 N–H and O–H groups in total. The summed E-state index contributed by atoms with van der Waals surface area (Å²) >= 11 is 0. The highest BCUT2D eigenvalue weighted by Gasteiger charge is 2.35. The lowest BCUT2D eigenvalue weighted by atomic mass is 10.1. The summed E-state index contributed by atoms with van der Waals surface area (Å²) in [6, 6.07) is 17.8. The van der Waals surface area contributed by atoms with Gasteiger partial charge < -0.3 is 10.1 Å². The topological polar surface area (TPSA) is 75.7 Å². The molecular weight excluding hydrogens is 425 g/mol. The molecule has 0 spiro atoms. The van der Waals surface area contributed by atoms with Crippen molar-refractivity contribution in [3.05, 3.63) is 95.1 Å². The third kappa shape index (κ3) is 4.31. The van der Waals surface area contributed by atoms with Gasteiger partial charge >= 0.3 is 6.36 Å². The predicted octanol–water partition coefficient (Wildman–Crippen LogP) is 4.63. The molecule has 0 unspecified atom stereocenters. The van der Waals surface area contributed by atoms with Crippen molar-refractivity contribution in [2.45, 2.75) is 12.9 Å². The summed E-state index contributed by atoms with van der Waals surface area (Å²) in [5.41, 5.74) is 1.33. The van der Waals surface area contributed by atoms with Crippen molar-refractivity contribution >= 4 is 23.4 Å². The van der Waals surface area contributed by atoms with E-state index in [2.05, 4.69) is 10.1 Å². The van der Waals surface area contributed by atoms with Gasteiger partial charge in [0.1, 0.15) is 0 Å². The van der Waals surface area contributed by atoms with Crippen molar-refractivity contribution in [3.63, 3.8) is 0 Å². The molecule has 3 amide bonds. The number of halogens is 3. The minimum atomic E-state index is -4.90. The summed E-state index contributed by atoms with van der Waals surface area (Å²) in [4.78, 5) is 38.5. The Kier molecular flexibility index (Phi) is 5.40. The molecule has 0 fully saturated rings. The van der Waals surface area contributed by atoms with Gasteiger partial charge in [-0.2, -0.15) is 0 Å². The molecule has 6 nitrogen and oxygen atoms in total. The van der Waals surface area contributed by atoms with Crippen LogP contribution in [0.1, 0.15) is 36.6 Å². The van der Waals surface area contributed by atoms with Gasteiger partial charge in [-0.1, -0.05) is 36.4 Å². The highest BCUT2D eigenvalue weighted by molar-refractivity contribution is 6.21. The summed E-state index contributed by atoms with van der Waals surface area (Å²) in [5.74, 6) is -1.96. The Morgan fingerprint density at radius 3 is 2.00 bits per heavy atom. The monoisotopic (exact) mass is 440 g/mol. The summed E-state index contributed by atoms with van der Waals surface area (Å²) in [6.45, 7) is 0.0243. The van der Waals surface area contributed by atoms with Crippen LogP contribution in [0.2, 0.25) is 0 Å². The Bertz CT molecular complexity index is 1170. The van der Waals surface area contributed by atoms with Crippen LogP contribution in [0.5, 0.6) is 5.75 Å². The zero-order chi connectivity index (χ0) is 22.9. The van der Waals surface area contributed by atoms with Crippen molar-refractivity contribution in [3.8, 4) is 5.75 Å². The van der Waals surface area contributed by atoms with Gasteiger partial charge in [0.25, 0.3) is 17.7 Å². The average Bonchev–Trinajstić information content (AvgIpc) is 3.00. The van der Waals surface area contributed by atoms with Gasteiger partial charge in [0.2, 0.25) is 0 Å². The summed E-state index contributed by atoms with van der Waals surface area (Å²) in [5, 5.41) is 2.39. The molecule has 0 atom stereocenters. The maximum atomic E-state index is 12.5. The Balaban J connectivity index is 1.45. The minimum absolute atomic E-state index is 0.0243. The van der Waals surface area contributed by atoms with Gasteiger partial charge in [0.05, 0.1) is 23.4 Å². The van der Waals surface area contributed by atoms with Crippen LogP contribution in [-0.2, 0) is 6.54 Å². The van der Waals surface area contributed by atoms with E-state index in [0.29, 0.717) is 16.7 Å². The number of imide groups is 1. The number of alkyl halides is 3. The number of fused-ring (bicyclic) bond motifs is 1. The summed E-state index contributed by atoms with van der Waals surface area (Å²) in [6.07, 6.45) is -4.90. The van der Waals surface area contributed by atoms with Crippen molar-refractivity contribution in [1.82, 2.24) is 4.90 Å². The van der Waals surface area contributed by atoms with E-state index in [9.17, 15) is 27.6 Å². The van der Waals surface area contributed by atoms with Gasteiger partial charge in [0.15, 0.2) is 5.75 Å². The Hall–Kier alpha value is -4.14. The van der Waals surface area contributed by atoms with Gasteiger partial charge in [0, 0.05) is 5.56 Å². The standard InChI is InChI=1S/C23H15F3N2O4/c24-23(25,26)32-19-8-4-3-7-18(19)27-20(29)15-11-9-14(10-12-15)13-28-21(30)16-5-1-2-6-17(16)22(28)31/h1-12H,13H2,(H,27,29). The third-order valence-electron chi connectivity index (χ3n) is 4.80. The molecule has 3 aromatic rings. The van der Waals surface area contributed by atoms with E-state index in [0.717, 1.165) is 11.0 Å². The lowest BCUT2D eigenvalue weighted by molar-refractivity contribution is -0.274. The maximum Gasteiger partial charge on any atom is 0.573 e. The smallest absolute Gasteiger partial charge is 0.404 e. The van der Waals surface area contributed by atoms with E-state index in [-0.39, 0.29) is 17.8 Å². The SMILES string of the molecule is O=C(Nc1ccccc1OC(F)(F)F)c1ccc(CN2C(=O)c3ccccc3C2=O)cc1. The zero-order valence-corrected chi connectivity index (χ0v) is 16.3. The molecule has 0 aromatic heterocycles. The summed E-state index contributed by atoms with van der Waals surface area (Å²) in [7, 11) is 0. The largest absolute Gasteiger partial charge is 0.573 e. The molecule has 9 heteroatoms. The number of benzene rings is 3. The highest BCUT2D eigenvalue weighted by atomic mass is 19.4. The molecule has 1 heterocycles. The average molecular weight is 440 g/mol. The number of nitrogens with zero attached hydrogens (tertiary/aromatic N) is 1. The Morgan fingerprint density at radius 1 is 0.844 bits per heavy atom. The molecule has 3 aromatic carbocycles. The normalized spacial score (nSPS) is 13.2. The first-order valence-electron chi connectivity index (χ1n) is 9.43. The number of amides is 3. The second kappa shape index (κ2) is 8.18. The molecule has 32 heavy (non-hydrogen) atoms. The maximum absolute atomic E-state index is 12.5. The van der Waals surface area contributed by atoms with Crippen LogP contribution in [0, 0.1) is 0 Å².